The molecule has 0 bridgehead atoms. The Bertz CT molecular complexity index is 2020. The zero-order chi connectivity index (χ0) is 26.9. The summed E-state index contributed by atoms with van der Waals surface area (Å²) in [5.74, 6) is 0. The molecule has 0 radical (unpaired) electrons. The molecule has 0 atom stereocenters. The van der Waals surface area contributed by atoms with Crippen LogP contribution in [0.2, 0.25) is 0 Å². The molecule has 0 aliphatic heterocycles. The zero-order valence-electron chi connectivity index (χ0n) is 18.8. The molecule has 0 heterocycles. The first kappa shape index (κ1) is 25.3. The predicted octanol–water partition coefficient (Wildman–Crippen LogP) is 4.56. The van der Waals surface area contributed by atoms with Crippen LogP contribution in [0.15, 0.2) is 81.9 Å². The van der Waals surface area contributed by atoms with Gasteiger partial charge in [0.2, 0.25) is 0 Å². The Hall–Kier alpha value is -3.39. The number of hydrogen-bond donors (Lipinski definition) is 3. The second-order valence-corrected chi connectivity index (χ2v) is 12.6. The van der Waals surface area contributed by atoms with E-state index in [0.29, 0.717) is 10.9 Å². The van der Waals surface area contributed by atoms with Crippen LogP contribution in [0.25, 0.3) is 38.4 Å². The summed E-state index contributed by atoms with van der Waals surface area (Å²) in [6.45, 7) is 3.66. The Labute approximate surface area is 212 Å². The molecule has 190 valence electrons. The third-order valence-corrected chi connectivity index (χ3v) is 9.18. The van der Waals surface area contributed by atoms with Gasteiger partial charge >= 0.3 is 0 Å². The van der Waals surface area contributed by atoms with E-state index in [4.69, 9.17) is 0 Å². The van der Waals surface area contributed by atoms with Gasteiger partial charge in [0.25, 0.3) is 30.4 Å². The zero-order valence-corrected chi connectivity index (χ0v) is 21.2. The van der Waals surface area contributed by atoms with Crippen molar-refractivity contribution >= 4 is 68.7 Å². The minimum Gasteiger partial charge on any atom is -0.282 e. The second-order valence-electron chi connectivity index (χ2n) is 8.50. The van der Waals surface area contributed by atoms with E-state index in [-0.39, 0.29) is 38.9 Å². The molecule has 9 nitrogen and oxygen atoms in total. The van der Waals surface area contributed by atoms with Crippen molar-refractivity contribution in [2.24, 2.45) is 0 Å². The van der Waals surface area contributed by atoms with Crippen molar-refractivity contribution in [2.45, 2.75) is 21.1 Å². The van der Waals surface area contributed by atoms with Crippen LogP contribution >= 0.6 is 0 Å². The highest BCUT2D eigenvalue weighted by Gasteiger charge is 2.32. The number of hydrogen-bond acceptors (Lipinski definition) is 6. The first-order chi connectivity index (χ1) is 17.2. The van der Waals surface area contributed by atoms with Crippen LogP contribution in [0.5, 0.6) is 0 Å². The maximum absolute atomic E-state index is 12.7. The molecule has 0 aliphatic rings. The highest BCUT2D eigenvalue weighted by Crippen LogP contribution is 2.44. The molecule has 0 aliphatic carbocycles. The van der Waals surface area contributed by atoms with E-state index < -0.39 is 45.0 Å². The number of benzene rings is 5. The van der Waals surface area contributed by atoms with E-state index in [1.54, 1.807) is 30.3 Å². The summed E-state index contributed by atoms with van der Waals surface area (Å²) in [7, 11) is -14.8. The van der Waals surface area contributed by atoms with Gasteiger partial charge in [0.15, 0.2) is 0 Å². The molecule has 5 aromatic carbocycles. The molecule has 3 N–H and O–H groups in total. The van der Waals surface area contributed by atoms with Gasteiger partial charge in [-0.2, -0.15) is 25.3 Å². The van der Waals surface area contributed by atoms with E-state index in [0.717, 1.165) is 5.56 Å². The molecule has 0 amide bonds. The Kier molecular flexibility index (Phi) is 5.68. The molecular weight excluding hydrogens is 540 g/mol. The van der Waals surface area contributed by atoms with E-state index in [9.17, 15) is 38.9 Å². The fourth-order valence-corrected chi connectivity index (χ4v) is 7.50. The molecule has 5 aromatic rings. The normalized spacial score (nSPS) is 13.1. The molecule has 0 saturated carbocycles. The third kappa shape index (κ3) is 4.17. The molecule has 0 saturated heterocycles. The van der Waals surface area contributed by atoms with Crippen molar-refractivity contribution in [3.05, 3.63) is 83.9 Å². The average Bonchev–Trinajstić information content (AvgIpc) is 2.80. The smallest absolute Gasteiger partial charge is 0.282 e. The molecule has 0 unspecified atom stereocenters. The highest BCUT2D eigenvalue weighted by atomic mass is 32.2. The van der Waals surface area contributed by atoms with E-state index >= 15 is 0 Å². The third-order valence-electron chi connectivity index (χ3n) is 6.30. The second kappa shape index (κ2) is 8.31. The van der Waals surface area contributed by atoms with Crippen molar-refractivity contribution in [2.75, 3.05) is 0 Å². The Morgan fingerprint density at radius 1 is 0.622 bits per heavy atom. The number of rotatable bonds is 6. The van der Waals surface area contributed by atoms with Gasteiger partial charge in [-0.25, -0.2) is 0 Å². The molecule has 0 fully saturated rings. The van der Waals surface area contributed by atoms with Crippen molar-refractivity contribution in [3.8, 4) is 0 Å². The SMILES string of the molecule is C=Cc1ccc(Cc2c(S(=O)(=O)O)c3ccc4ccc(S(=O)(=O)O)c5ccc(c2S(=O)(=O)O)c3c45)cc1. The molecule has 5 rings (SSSR count). The first-order valence-corrected chi connectivity index (χ1v) is 14.9. The lowest BCUT2D eigenvalue weighted by Gasteiger charge is -2.20. The van der Waals surface area contributed by atoms with Crippen LogP contribution < -0.4 is 0 Å². The van der Waals surface area contributed by atoms with Crippen LogP contribution in [0, 0.1) is 0 Å². The Morgan fingerprint density at radius 3 is 1.65 bits per heavy atom. The van der Waals surface area contributed by atoms with Crippen molar-refractivity contribution in [1.82, 2.24) is 0 Å². The van der Waals surface area contributed by atoms with E-state index in [1.165, 1.54) is 36.4 Å². The maximum Gasteiger partial charge on any atom is 0.295 e. The van der Waals surface area contributed by atoms with Crippen LogP contribution in [-0.2, 0) is 36.8 Å². The highest BCUT2D eigenvalue weighted by molar-refractivity contribution is 7.87. The lowest BCUT2D eigenvalue weighted by molar-refractivity contribution is 0.478. The standard InChI is InChI=1S/C25H18O9S3/c1-2-14-3-5-15(6-4-14)13-20-24(36(29,30)31)18-9-7-16-8-12-21(35(26,27)28)17-10-11-19(23(18)22(16)17)25(20)37(32,33)34/h2-12H,1,13H2,(H,26,27,28)(H,29,30,31)(H,32,33,34). The lowest BCUT2D eigenvalue weighted by Crippen LogP contribution is -2.13. The van der Waals surface area contributed by atoms with E-state index in [1.807, 2.05) is 0 Å². The summed E-state index contributed by atoms with van der Waals surface area (Å²) in [5.41, 5.74) is 0.901. The fraction of sp³-hybridized carbons (Fsp3) is 0.0400. The van der Waals surface area contributed by atoms with Gasteiger partial charge in [0.1, 0.15) is 14.7 Å². The summed E-state index contributed by atoms with van der Waals surface area (Å²) in [6, 6.07) is 14.5. The molecule has 0 aromatic heterocycles. The summed E-state index contributed by atoms with van der Waals surface area (Å²) < 4.78 is 105. The monoisotopic (exact) mass is 558 g/mol. The quantitative estimate of drug-likeness (QED) is 0.200. The summed E-state index contributed by atoms with van der Waals surface area (Å²) in [4.78, 5) is -1.93. The van der Waals surface area contributed by atoms with Gasteiger partial charge in [-0.1, -0.05) is 67.3 Å². The van der Waals surface area contributed by atoms with Gasteiger partial charge in [-0.05, 0) is 33.5 Å². The van der Waals surface area contributed by atoms with Crippen LogP contribution in [0.3, 0.4) is 0 Å². The van der Waals surface area contributed by atoms with Gasteiger partial charge in [-0.15, -0.1) is 0 Å². The largest absolute Gasteiger partial charge is 0.295 e. The van der Waals surface area contributed by atoms with Crippen LogP contribution in [-0.4, -0.2) is 38.9 Å². The molecule has 0 spiro atoms. The Morgan fingerprint density at radius 2 is 1.14 bits per heavy atom. The first-order valence-electron chi connectivity index (χ1n) is 10.6. The van der Waals surface area contributed by atoms with Gasteiger partial charge in [0, 0.05) is 28.0 Å². The minimum absolute atomic E-state index is 0.00781. The molecule has 37 heavy (non-hydrogen) atoms. The fourth-order valence-electron chi connectivity index (χ4n) is 4.88. The topological polar surface area (TPSA) is 163 Å². The van der Waals surface area contributed by atoms with E-state index in [2.05, 4.69) is 6.58 Å². The Balaban J connectivity index is 2.04. The molecule has 12 heteroatoms. The van der Waals surface area contributed by atoms with Crippen LogP contribution in [0.1, 0.15) is 16.7 Å². The summed E-state index contributed by atoms with van der Waals surface area (Å²) >= 11 is 0. The van der Waals surface area contributed by atoms with Crippen molar-refractivity contribution < 1.29 is 38.9 Å². The summed E-state index contributed by atoms with van der Waals surface area (Å²) in [5, 5.41) is 0.402. The minimum atomic E-state index is -5.07. The predicted molar refractivity (Wildman–Crippen MR) is 139 cm³/mol. The van der Waals surface area contributed by atoms with Crippen molar-refractivity contribution in [3.63, 3.8) is 0 Å². The average molecular weight is 559 g/mol. The van der Waals surface area contributed by atoms with Crippen LogP contribution in [0.4, 0.5) is 0 Å². The maximum atomic E-state index is 12.7. The molecular formula is C25H18O9S3. The summed E-state index contributed by atoms with van der Waals surface area (Å²) in [6.07, 6.45) is 1.31. The van der Waals surface area contributed by atoms with Gasteiger partial charge < -0.3 is 0 Å². The van der Waals surface area contributed by atoms with Crippen molar-refractivity contribution in [1.29, 1.82) is 0 Å². The van der Waals surface area contributed by atoms with Gasteiger partial charge in [0.05, 0.1) is 0 Å². The lowest BCUT2D eigenvalue weighted by atomic mass is 9.91. The van der Waals surface area contributed by atoms with Gasteiger partial charge in [-0.3, -0.25) is 13.7 Å².